The summed E-state index contributed by atoms with van der Waals surface area (Å²) < 4.78 is 1.83. The molecule has 144 valence electrons. The summed E-state index contributed by atoms with van der Waals surface area (Å²) in [5, 5.41) is 9.81. The molecule has 0 saturated carbocycles. The van der Waals surface area contributed by atoms with E-state index in [0.29, 0.717) is 11.9 Å². The zero-order valence-electron chi connectivity index (χ0n) is 15.9. The molecule has 4 nitrogen and oxygen atoms in total. The molecule has 0 aliphatic heterocycles. The number of aromatic carboxylic acids is 1. The van der Waals surface area contributed by atoms with Crippen molar-refractivity contribution in [3.8, 4) is 0 Å². The second-order valence-electron chi connectivity index (χ2n) is 7.12. The molecule has 1 heterocycles. The van der Waals surface area contributed by atoms with Crippen molar-refractivity contribution in [3.05, 3.63) is 118 Å². The summed E-state index contributed by atoms with van der Waals surface area (Å²) in [5.41, 5.74) is 3.71. The lowest BCUT2D eigenvalue weighted by Crippen LogP contribution is -2.19. The van der Waals surface area contributed by atoms with Crippen LogP contribution in [0.4, 0.5) is 0 Å². The Hall–Kier alpha value is -3.66. The molecule has 29 heavy (non-hydrogen) atoms. The fourth-order valence-corrected chi connectivity index (χ4v) is 3.57. The van der Waals surface area contributed by atoms with E-state index >= 15 is 0 Å². The van der Waals surface area contributed by atoms with Gasteiger partial charge in [-0.1, -0.05) is 66.7 Å². The number of aryl methyl sites for hydroxylation is 2. The number of fused-ring (bicyclic) bond motifs is 1. The average molecular weight is 383 g/mol. The molecule has 0 radical (unpaired) electrons. The topological polar surface area (TPSA) is 59.3 Å². The van der Waals surface area contributed by atoms with Crippen LogP contribution in [0.5, 0.6) is 0 Å². The molecule has 0 aliphatic rings. The van der Waals surface area contributed by atoms with Crippen LogP contribution in [-0.2, 0) is 19.4 Å². The number of para-hydroxylation sites is 1. The molecule has 0 saturated heterocycles. The second kappa shape index (κ2) is 8.15. The molecule has 4 rings (SSSR count). The smallest absolute Gasteiger partial charge is 0.341 e. The fraction of sp³-hybridized carbons (Fsp3) is 0.120. The van der Waals surface area contributed by atoms with Crippen LogP contribution in [0, 0.1) is 0 Å². The summed E-state index contributed by atoms with van der Waals surface area (Å²) in [6.45, 7) is 0.500. The van der Waals surface area contributed by atoms with E-state index in [1.165, 1.54) is 17.3 Å². The maximum atomic E-state index is 12.4. The molecule has 0 spiro atoms. The Bertz CT molecular complexity index is 1210. The number of aromatic nitrogens is 1. The van der Waals surface area contributed by atoms with Crippen LogP contribution >= 0.6 is 0 Å². The predicted molar refractivity (Wildman–Crippen MR) is 115 cm³/mol. The molecule has 3 aromatic carbocycles. The lowest BCUT2D eigenvalue weighted by molar-refractivity contribution is 0.0695. The molecule has 0 aliphatic carbocycles. The highest BCUT2D eigenvalue weighted by molar-refractivity contribution is 5.92. The minimum atomic E-state index is -1.20. The van der Waals surface area contributed by atoms with Gasteiger partial charge in [0, 0.05) is 18.1 Å². The number of hydrogen-bond acceptors (Lipinski definition) is 2. The first-order chi connectivity index (χ1) is 14.1. The second-order valence-corrected chi connectivity index (χ2v) is 7.12. The van der Waals surface area contributed by atoms with E-state index < -0.39 is 11.4 Å². The van der Waals surface area contributed by atoms with Gasteiger partial charge in [0.25, 0.3) is 0 Å². The van der Waals surface area contributed by atoms with Crippen LogP contribution in [-0.4, -0.2) is 15.6 Å². The Morgan fingerprint density at radius 2 is 1.34 bits per heavy atom. The zero-order valence-corrected chi connectivity index (χ0v) is 15.9. The lowest BCUT2D eigenvalue weighted by atomic mass is 10.0. The van der Waals surface area contributed by atoms with Crippen molar-refractivity contribution in [3.63, 3.8) is 0 Å². The first-order valence-corrected chi connectivity index (χ1v) is 9.59. The normalized spacial score (nSPS) is 10.9. The maximum Gasteiger partial charge on any atom is 0.341 e. The van der Waals surface area contributed by atoms with Crippen molar-refractivity contribution in [2.75, 3.05) is 0 Å². The molecule has 0 atom stereocenters. The molecule has 1 aromatic heterocycles. The van der Waals surface area contributed by atoms with E-state index in [4.69, 9.17) is 0 Å². The van der Waals surface area contributed by atoms with Crippen LogP contribution in [0.15, 0.2) is 89.9 Å². The summed E-state index contributed by atoms with van der Waals surface area (Å²) in [6, 6.07) is 25.9. The number of carbonyl (C=O) groups is 1. The minimum absolute atomic E-state index is 0.205. The summed E-state index contributed by atoms with van der Waals surface area (Å²) in [4.78, 5) is 23.9. The van der Waals surface area contributed by atoms with Crippen molar-refractivity contribution < 1.29 is 9.90 Å². The largest absolute Gasteiger partial charge is 0.477 e. The van der Waals surface area contributed by atoms with Gasteiger partial charge in [-0.25, -0.2) is 4.79 Å². The van der Waals surface area contributed by atoms with Gasteiger partial charge in [0.2, 0.25) is 5.43 Å². The lowest BCUT2D eigenvalue weighted by Gasteiger charge is -2.13. The third kappa shape index (κ3) is 4.11. The van der Waals surface area contributed by atoms with E-state index in [0.717, 1.165) is 23.9 Å². The Labute approximate surface area is 168 Å². The van der Waals surface area contributed by atoms with E-state index in [2.05, 4.69) is 48.5 Å². The highest BCUT2D eigenvalue weighted by Gasteiger charge is 2.14. The van der Waals surface area contributed by atoms with Crippen molar-refractivity contribution >= 4 is 16.9 Å². The average Bonchev–Trinajstić information content (AvgIpc) is 2.76. The van der Waals surface area contributed by atoms with Crippen molar-refractivity contribution in [2.45, 2.75) is 19.4 Å². The van der Waals surface area contributed by atoms with Crippen molar-refractivity contribution in [2.24, 2.45) is 0 Å². The zero-order chi connectivity index (χ0) is 20.2. The third-order valence-electron chi connectivity index (χ3n) is 5.14. The Kier molecular flexibility index (Phi) is 5.25. The number of carboxylic acid groups (broad SMARTS) is 1. The summed E-state index contributed by atoms with van der Waals surface area (Å²) >= 11 is 0. The number of hydrogen-bond donors (Lipinski definition) is 1. The first kappa shape index (κ1) is 18.7. The molecule has 1 N–H and O–H groups in total. The van der Waals surface area contributed by atoms with Gasteiger partial charge in [-0.15, -0.1) is 0 Å². The van der Waals surface area contributed by atoms with Gasteiger partial charge in [-0.05, 0) is 41.7 Å². The van der Waals surface area contributed by atoms with Gasteiger partial charge in [0.05, 0.1) is 5.52 Å². The van der Waals surface area contributed by atoms with Crippen LogP contribution in [0.3, 0.4) is 0 Å². The molecular weight excluding hydrogens is 362 g/mol. The minimum Gasteiger partial charge on any atom is -0.477 e. The highest BCUT2D eigenvalue weighted by Crippen LogP contribution is 2.15. The fourth-order valence-electron chi connectivity index (χ4n) is 3.57. The number of pyridine rings is 1. The van der Waals surface area contributed by atoms with Crippen LogP contribution in [0.1, 0.15) is 27.0 Å². The molecule has 0 fully saturated rings. The van der Waals surface area contributed by atoms with Gasteiger partial charge < -0.3 is 9.67 Å². The van der Waals surface area contributed by atoms with E-state index in [9.17, 15) is 14.7 Å². The first-order valence-electron chi connectivity index (χ1n) is 9.59. The molecule has 0 amide bonds. The van der Waals surface area contributed by atoms with Gasteiger partial charge in [-0.2, -0.15) is 0 Å². The van der Waals surface area contributed by atoms with E-state index in [1.807, 2.05) is 22.8 Å². The molecule has 0 unspecified atom stereocenters. The molecular formula is C25H21NO3. The number of carboxylic acids is 1. The summed E-state index contributed by atoms with van der Waals surface area (Å²) in [6.07, 6.45) is 3.40. The van der Waals surface area contributed by atoms with Crippen LogP contribution < -0.4 is 5.43 Å². The van der Waals surface area contributed by atoms with Gasteiger partial charge >= 0.3 is 5.97 Å². The van der Waals surface area contributed by atoms with Crippen molar-refractivity contribution in [1.82, 2.24) is 4.57 Å². The Morgan fingerprint density at radius 1 is 0.759 bits per heavy atom. The SMILES string of the molecule is O=C(O)c1cn(Cc2ccc(CCc3ccccc3)cc2)c2ccccc2c1=O. The standard InChI is InChI=1S/C25H21NO3/c27-24-21-8-4-5-9-23(21)26(17-22(24)25(28)29)16-20-14-12-19(13-15-20)11-10-18-6-2-1-3-7-18/h1-9,12-15,17H,10-11,16H2,(H,28,29). The number of benzene rings is 3. The monoisotopic (exact) mass is 383 g/mol. The van der Waals surface area contributed by atoms with Gasteiger partial charge in [-0.3, -0.25) is 4.79 Å². The van der Waals surface area contributed by atoms with Crippen LogP contribution in [0.2, 0.25) is 0 Å². The highest BCUT2D eigenvalue weighted by atomic mass is 16.4. The maximum absolute atomic E-state index is 12.4. The Balaban J connectivity index is 1.58. The number of rotatable bonds is 6. The molecule has 0 bridgehead atoms. The van der Waals surface area contributed by atoms with Crippen LogP contribution in [0.25, 0.3) is 10.9 Å². The van der Waals surface area contributed by atoms with E-state index in [-0.39, 0.29) is 5.56 Å². The number of nitrogens with zero attached hydrogens (tertiary/aromatic N) is 1. The van der Waals surface area contributed by atoms with Crippen molar-refractivity contribution in [1.29, 1.82) is 0 Å². The summed E-state index contributed by atoms with van der Waals surface area (Å²) in [5.74, 6) is -1.20. The van der Waals surface area contributed by atoms with Gasteiger partial charge in [0.15, 0.2) is 0 Å². The molecule has 4 aromatic rings. The third-order valence-corrected chi connectivity index (χ3v) is 5.14. The van der Waals surface area contributed by atoms with E-state index in [1.54, 1.807) is 12.1 Å². The quantitative estimate of drug-likeness (QED) is 0.532. The molecule has 4 heteroatoms. The predicted octanol–water partition coefficient (Wildman–Crippen LogP) is 4.53. The summed E-state index contributed by atoms with van der Waals surface area (Å²) in [7, 11) is 0. The Morgan fingerprint density at radius 3 is 2.03 bits per heavy atom. The van der Waals surface area contributed by atoms with Gasteiger partial charge in [0.1, 0.15) is 5.56 Å².